The van der Waals surface area contributed by atoms with E-state index in [9.17, 15) is 10.2 Å². The first-order valence-electron chi connectivity index (χ1n) is 10.4. The van der Waals surface area contributed by atoms with Crippen molar-refractivity contribution in [3.05, 3.63) is 0 Å². The van der Waals surface area contributed by atoms with Gasteiger partial charge in [-0.15, -0.1) is 0 Å². The van der Waals surface area contributed by atoms with E-state index in [2.05, 4.69) is 17.3 Å². The summed E-state index contributed by atoms with van der Waals surface area (Å²) < 4.78 is 12.3. The second kappa shape index (κ2) is 8.84. The number of nitrogens with zero attached hydrogens (tertiary/aromatic N) is 1. The summed E-state index contributed by atoms with van der Waals surface area (Å²) >= 11 is 0. The van der Waals surface area contributed by atoms with Crippen molar-refractivity contribution in [2.75, 3.05) is 33.3 Å². The molecule has 1 aliphatic carbocycles. The van der Waals surface area contributed by atoms with Crippen LogP contribution in [0.1, 0.15) is 52.4 Å². The van der Waals surface area contributed by atoms with Crippen molar-refractivity contribution in [2.45, 2.75) is 82.5 Å². The van der Waals surface area contributed by atoms with Crippen LogP contribution in [0, 0.1) is 11.8 Å². The van der Waals surface area contributed by atoms with E-state index in [4.69, 9.17) is 9.47 Å². The maximum Gasteiger partial charge on any atom is 0.112 e. The van der Waals surface area contributed by atoms with Crippen LogP contribution in [0.3, 0.4) is 0 Å². The second-order valence-electron chi connectivity index (χ2n) is 9.21. The van der Waals surface area contributed by atoms with Gasteiger partial charge in [0.1, 0.15) is 12.3 Å². The molecular formula is C20H38N2O4. The van der Waals surface area contributed by atoms with Crippen LogP contribution in [-0.2, 0) is 9.47 Å². The molecule has 4 unspecified atom stereocenters. The molecule has 2 heterocycles. The molecule has 4 atom stereocenters. The van der Waals surface area contributed by atoms with E-state index in [0.717, 1.165) is 38.8 Å². The molecule has 0 amide bonds. The molecular weight excluding hydrogens is 332 g/mol. The van der Waals surface area contributed by atoms with E-state index in [1.165, 1.54) is 19.4 Å². The Morgan fingerprint density at radius 1 is 1.19 bits per heavy atom. The molecule has 3 rings (SSSR count). The quantitative estimate of drug-likeness (QED) is 0.655. The highest BCUT2D eigenvalue weighted by Crippen LogP contribution is 2.33. The zero-order valence-electron chi connectivity index (χ0n) is 16.7. The first kappa shape index (κ1) is 20.5. The predicted molar refractivity (Wildman–Crippen MR) is 101 cm³/mol. The highest BCUT2D eigenvalue weighted by Gasteiger charge is 2.38. The van der Waals surface area contributed by atoms with Gasteiger partial charge in [-0.25, -0.2) is 0 Å². The fourth-order valence-electron chi connectivity index (χ4n) is 4.58. The van der Waals surface area contributed by atoms with Crippen molar-refractivity contribution in [3.63, 3.8) is 0 Å². The van der Waals surface area contributed by atoms with Gasteiger partial charge < -0.3 is 24.6 Å². The zero-order chi connectivity index (χ0) is 18.7. The Bertz CT molecular complexity index is 434. The van der Waals surface area contributed by atoms with Crippen LogP contribution >= 0.6 is 0 Å². The van der Waals surface area contributed by atoms with Gasteiger partial charge in [0.25, 0.3) is 0 Å². The van der Waals surface area contributed by atoms with Crippen molar-refractivity contribution in [1.29, 1.82) is 0 Å². The number of hydrogen-bond acceptors (Lipinski definition) is 6. The Morgan fingerprint density at radius 3 is 2.58 bits per heavy atom. The summed E-state index contributed by atoms with van der Waals surface area (Å²) in [5.74, 6) is 1.22. The average Bonchev–Trinajstić information content (AvgIpc) is 3.09. The largest absolute Gasteiger partial charge is 0.388 e. The fourth-order valence-corrected chi connectivity index (χ4v) is 4.58. The predicted octanol–water partition coefficient (Wildman–Crippen LogP) is 1.35. The minimum absolute atomic E-state index is 0.195. The minimum Gasteiger partial charge on any atom is -0.388 e. The summed E-state index contributed by atoms with van der Waals surface area (Å²) in [6.07, 6.45) is 6.70. The standard InChI is InChI=1S/C20H38N2O4/c1-20(2,24)18(23)13-25-16-8-6-14(7-9-16)17-11-21-19(26-17)15-5-4-10-22(3)12-15/h14-19,21,23-24H,4-13H2,1-3H3. The van der Waals surface area contributed by atoms with E-state index < -0.39 is 11.7 Å². The highest BCUT2D eigenvalue weighted by atomic mass is 16.5. The van der Waals surface area contributed by atoms with Crippen LogP contribution in [0.5, 0.6) is 0 Å². The molecule has 3 aliphatic rings. The first-order chi connectivity index (χ1) is 12.3. The normalized spacial score (nSPS) is 38.4. The van der Waals surface area contributed by atoms with Gasteiger partial charge >= 0.3 is 0 Å². The van der Waals surface area contributed by atoms with Crippen LogP contribution in [0.4, 0.5) is 0 Å². The van der Waals surface area contributed by atoms with E-state index in [1.807, 2.05) is 0 Å². The Balaban J connectivity index is 1.37. The highest BCUT2D eigenvalue weighted by molar-refractivity contribution is 4.88. The van der Waals surface area contributed by atoms with Crippen molar-refractivity contribution >= 4 is 0 Å². The van der Waals surface area contributed by atoms with Gasteiger partial charge in [0.15, 0.2) is 0 Å². The van der Waals surface area contributed by atoms with Gasteiger partial charge in [-0.1, -0.05) is 0 Å². The lowest BCUT2D eigenvalue weighted by Crippen LogP contribution is -2.42. The average molecular weight is 371 g/mol. The van der Waals surface area contributed by atoms with Gasteiger partial charge in [0, 0.05) is 19.0 Å². The fraction of sp³-hybridized carbons (Fsp3) is 1.00. The van der Waals surface area contributed by atoms with E-state index in [0.29, 0.717) is 17.9 Å². The molecule has 3 N–H and O–H groups in total. The van der Waals surface area contributed by atoms with Crippen LogP contribution in [0.15, 0.2) is 0 Å². The topological polar surface area (TPSA) is 74.2 Å². The molecule has 1 saturated carbocycles. The smallest absolute Gasteiger partial charge is 0.112 e. The lowest BCUT2D eigenvalue weighted by Gasteiger charge is -2.35. The zero-order valence-corrected chi connectivity index (χ0v) is 16.7. The third-order valence-electron chi connectivity index (χ3n) is 6.48. The van der Waals surface area contributed by atoms with Crippen molar-refractivity contribution < 1.29 is 19.7 Å². The summed E-state index contributed by atoms with van der Waals surface area (Å²) in [5.41, 5.74) is -1.11. The number of likely N-dealkylation sites (tertiary alicyclic amines) is 1. The monoisotopic (exact) mass is 370 g/mol. The maximum atomic E-state index is 9.91. The number of hydrogen-bond donors (Lipinski definition) is 3. The summed E-state index contributed by atoms with van der Waals surface area (Å²) in [6, 6.07) is 0. The first-order valence-corrected chi connectivity index (χ1v) is 10.4. The Labute approximate surface area is 158 Å². The molecule has 0 bridgehead atoms. The third-order valence-corrected chi connectivity index (χ3v) is 6.48. The molecule has 6 nitrogen and oxygen atoms in total. The Morgan fingerprint density at radius 2 is 1.92 bits per heavy atom. The summed E-state index contributed by atoms with van der Waals surface area (Å²) in [7, 11) is 2.20. The number of piperidine rings is 1. The number of aliphatic hydroxyl groups excluding tert-OH is 1. The van der Waals surface area contributed by atoms with Gasteiger partial charge in [-0.2, -0.15) is 0 Å². The van der Waals surface area contributed by atoms with E-state index in [-0.39, 0.29) is 18.9 Å². The van der Waals surface area contributed by atoms with E-state index >= 15 is 0 Å². The molecule has 0 spiro atoms. The van der Waals surface area contributed by atoms with Crippen molar-refractivity contribution in [1.82, 2.24) is 10.2 Å². The van der Waals surface area contributed by atoms with Crippen LogP contribution in [-0.4, -0.2) is 78.5 Å². The van der Waals surface area contributed by atoms with Crippen LogP contribution < -0.4 is 5.32 Å². The maximum absolute atomic E-state index is 9.91. The number of nitrogens with one attached hydrogen (secondary N) is 1. The molecule has 2 saturated heterocycles. The summed E-state index contributed by atoms with van der Waals surface area (Å²) in [4.78, 5) is 2.41. The third kappa shape index (κ3) is 5.40. The lowest BCUT2D eigenvalue weighted by atomic mass is 9.83. The van der Waals surface area contributed by atoms with Crippen LogP contribution in [0.25, 0.3) is 0 Å². The number of aliphatic hydroxyl groups is 2. The van der Waals surface area contributed by atoms with Crippen molar-refractivity contribution in [3.8, 4) is 0 Å². The summed E-state index contributed by atoms with van der Waals surface area (Å²) in [6.45, 7) is 6.75. The SMILES string of the molecule is CN1CCCC(C2NCC(C3CCC(OCC(O)C(C)(C)O)CC3)O2)C1. The Hall–Kier alpha value is -0.240. The summed E-state index contributed by atoms with van der Waals surface area (Å²) in [5, 5.41) is 23.3. The number of ether oxygens (including phenoxy) is 2. The van der Waals surface area contributed by atoms with Crippen LogP contribution in [0.2, 0.25) is 0 Å². The molecule has 0 aromatic carbocycles. The molecule has 0 aromatic rings. The van der Waals surface area contributed by atoms with Gasteiger partial charge in [0.2, 0.25) is 0 Å². The second-order valence-corrected chi connectivity index (χ2v) is 9.21. The minimum atomic E-state index is -1.11. The molecule has 26 heavy (non-hydrogen) atoms. The molecule has 0 radical (unpaired) electrons. The molecule has 2 aliphatic heterocycles. The lowest BCUT2D eigenvalue weighted by molar-refractivity contribution is -0.109. The van der Waals surface area contributed by atoms with E-state index in [1.54, 1.807) is 13.8 Å². The van der Waals surface area contributed by atoms with Crippen molar-refractivity contribution in [2.24, 2.45) is 11.8 Å². The number of rotatable bonds is 6. The van der Waals surface area contributed by atoms with Gasteiger partial charge in [-0.05, 0) is 71.9 Å². The molecule has 6 heteroatoms. The Kier molecular flexibility index (Phi) is 6.97. The molecule has 3 fully saturated rings. The van der Waals surface area contributed by atoms with Gasteiger partial charge in [-0.3, -0.25) is 5.32 Å². The van der Waals surface area contributed by atoms with Gasteiger partial charge in [0.05, 0.1) is 24.4 Å². The molecule has 152 valence electrons. The molecule has 0 aromatic heterocycles.